The minimum absolute atomic E-state index is 0.249. The summed E-state index contributed by atoms with van der Waals surface area (Å²) in [5.41, 5.74) is 1.66. The van der Waals surface area contributed by atoms with E-state index in [9.17, 15) is 4.79 Å². The maximum absolute atomic E-state index is 11.0. The molecule has 0 atom stereocenters. The lowest BCUT2D eigenvalue weighted by molar-refractivity contribution is 0.0699. The van der Waals surface area contributed by atoms with Crippen LogP contribution in [0.3, 0.4) is 0 Å². The third kappa shape index (κ3) is 2.42. The van der Waals surface area contributed by atoms with Gasteiger partial charge in [0.25, 0.3) is 0 Å². The molecule has 1 N–H and O–H groups in total. The number of aromatic nitrogens is 2. The second kappa shape index (κ2) is 5.19. The zero-order valence-electron chi connectivity index (χ0n) is 9.27. The second-order valence-corrected chi connectivity index (χ2v) is 4.19. The molecule has 5 heteroatoms. The minimum atomic E-state index is -0.943. The fourth-order valence-electron chi connectivity index (χ4n) is 1.82. The van der Waals surface area contributed by atoms with Crippen molar-refractivity contribution < 1.29 is 9.90 Å². The van der Waals surface area contributed by atoms with Crippen LogP contribution in [-0.4, -0.2) is 26.5 Å². The topological polar surface area (TPSA) is 55.1 Å². The van der Waals surface area contributed by atoms with Gasteiger partial charge in [-0.2, -0.15) is 0 Å². The van der Waals surface area contributed by atoms with Gasteiger partial charge in [-0.25, -0.2) is 9.78 Å². The van der Waals surface area contributed by atoms with Crippen LogP contribution in [0, 0.1) is 0 Å². The maximum Gasteiger partial charge on any atom is 0.337 e. The number of fused-ring (bicyclic) bond motifs is 1. The summed E-state index contributed by atoms with van der Waals surface area (Å²) in [5.74, 6) is -0.297. The third-order valence-electron chi connectivity index (χ3n) is 2.66. The molecular formula is C12H13ClN2O2. The minimum Gasteiger partial charge on any atom is -0.478 e. The molecular weight excluding hydrogens is 240 g/mol. The number of para-hydroxylation sites is 1. The van der Waals surface area contributed by atoms with Gasteiger partial charge in [-0.05, 0) is 25.0 Å². The Balaban J connectivity index is 2.34. The van der Waals surface area contributed by atoms with E-state index in [1.54, 1.807) is 18.5 Å². The molecule has 2 aromatic rings. The van der Waals surface area contributed by atoms with Crippen molar-refractivity contribution in [3.05, 3.63) is 30.1 Å². The normalized spacial score (nSPS) is 10.9. The highest BCUT2D eigenvalue weighted by Crippen LogP contribution is 2.18. The Bertz CT molecular complexity index is 536. The summed E-state index contributed by atoms with van der Waals surface area (Å²) in [6.07, 6.45) is 3.59. The zero-order valence-corrected chi connectivity index (χ0v) is 10.0. The van der Waals surface area contributed by atoms with Crippen LogP contribution >= 0.6 is 11.6 Å². The number of carbonyl (C=O) groups is 1. The first kappa shape index (κ1) is 11.9. The molecule has 0 saturated heterocycles. The number of aromatic carboxylic acids is 1. The van der Waals surface area contributed by atoms with E-state index in [2.05, 4.69) is 4.98 Å². The first-order chi connectivity index (χ1) is 8.24. The predicted molar refractivity (Wildman–Crippen MR) is 66.6 cm³/mol. The van der Waals surface area contributed by atoms with Gasteiger partial charge in [-0.3, -0.25) is 0 Å². The second-order valence-electron chi connectivity index (χ2n) is 3.81. The van der Waals surface area contributed by atoms with E-state index in [-0.39, 0.29) is 5.56 Å². The van der Waals surface area contributed by atoms with Crippen molar-refractivity contribution in [1.29, 1.82) is 0 Å². The van der Waals surface area contributed by atoms with Crippen LogP contribution in [0.25, 0.3) is 11.0 Å². The number of hydrogen-bond acceptors (Lipinski definition) is 2. The summed E-state index contributed by atoms with van der Waals surface area (Å²) >= 11 is 5.62. The van der Waals surface area contributed by atoms with E-state index in [4.69, 9.17) is 16.7 Å². The van der Waals surface area contributed by atoms with Crippen LogP contribution in [0.2, 0.25) is 0 Å². The van der Waals surface area contributed by atoms with E-state index in [0.29, 0.717) is 11.4 Å². The van der Waals surface area contributed by atoms with E-state index in [1.807, 2.05) is 10.6 Å². The molecule has 2 rings (SSSR count). The molecule has 1 heterocycles. The zero-order chi connectivity index (χ0) is 12.3. The van der Waals surface area contributed by atoms with Gasteiger partial charge in [0.2, 0.25) is 0 Å². The van der Waals surface area contributed by atoms with E-state index in [1.165, 1.54) is 0 Å². The van der Waals surface area contributed by atoms with Gasteiger partial charge in [-0.1, -0.05) is 6.07 Å². The highest BCUT2D eigenvalue weighted by molar-refractivity contribution is 6.17. The number of rotatable bonds is 5. The third-order valence-corrected chi connectivity index (χ3v) is 2.93. The summed E-state index contributed by atoms with van der Waals surface area (Å²) in [6, 6.07) is 5.20. The van der Waals surface area contributed by atoms with Crippen LogP contribution in [0.15, 0.2) is 24.5 Å². The molecule has 1 aromatic heterocycles. The smallest absolute Gasteiger partial charge is 0.337 e. The average Bonchev–Trinajstić information content (AvgIpc) is 2.72. The van der Waals surface area contributed by atoms with Gasteiger partial charge in [-0.15, -0.1) is 11.6 Å². The van der Waals surface area contributed by atoms with Crippen molar-refractivity contribution in [2.24, 2.45) is 0 Å². The quantitative estimate of drug-likeness (QED) is 0.658. The lowest BCUT2D eigenvalue weighted by Crippen LogP contribution is -1.99. The maximum atomic E-state index is 11.0. The van der Waals surface area contributed by atoms with Crippen LogP contribution in [0.1, 0.15) is 23.2 Å². The van der Waals surface area contributed by atoms with Gasteiger partial charge >= 0.3 is 5.97 Å². The number of benzene rings is 1. The molecule has 1 aromatic carbocycles. The van der Waals surface area contributed by atoms with Crippen molar-refractivity contribution in [2.45, 2.75) is 19.4 Å². The summed E-state index contributed by atoms with van der Waals surface area (Å²) in [4.78, 5) is 15.2. The Morgan fingerprint density at radius 3 is 2.94 bits per heavy atom. The molecule has 0 unspecified atom stereocenters. The Morgan fingerprint density at radius 1 is 1.41 bits per heavy atom. The fraction of sp³-hybridized carbons (Fsp3) is 0.333. The number of imidazole rings is 1. The van der Waals surface area contributed by atoms with Gasteiger partial charge in [0.1, 0.15) is 5.52 Å². The number of unbranched alkanes of at least 4 members (excludes halogenated alkanes) is 1. The van der Waals surface area contributed by atoms with Crippen molar-refractivity contribution in [3.63, 3.8) is 0 Å². The largest absolute Gasteiger partial charge is 0.478 e. The van der Waals surface area contributed by atoms with Gasteiger partial charge in [0.05, 0.1) is 17.4 Å². The van der Waals surface area contributed by atoms with Crippen molar-refractivity contribution in [3.8, 4) is 0 Å². The molecule has 0 aliphatic heterocycles. The number of halogens is 1. The lowest BCUT2D eigenvalue weighted by Gasteiger charge is -2.03. The summed E-state index contributed by atoms with van der Waals surface area (Å²) in [5, 5.41) is 9.04. The van der Waals surface area contributed by atoms with Crippen LogP contribution in [-0.2, 0) is 6.54 Å². The van der Waals surface area contributed by atoms with Crippen LogP contribution in [0.4, 0.5) is 0 Å². The van der Waals surface area contributed by atoms with Crippen molar-refractivity contribution >= 4 is 28.6 Å². The van der Waals surface area contributed by atoms with Gasteiger partial charge in [0, 0.05) is 12.4 Å². The number of hydrogen-bond donors (Lipinski definition) is 1. The molecule has 4 nitrogen and oxygen atoms in total. The number of carboxylic acids is 1. The monoisotopic (exact) mass is 252 g/mol. The summed E-state index contributed by atoms with van der Waals surface area (Å²) in [6.45, 7) is 0.812. The molecule has 0 saturated carbocycles. The Hall–Kier alpha value is -1.55. The standard InChI is InChI=1S/C12H13ClN2O2/c13-6-1-2-7-15-8-14-11-9(12(16)17)4-3-5-10(11)15/h3-5,8H,1-2,6-7H2,(H,16,17). The van der Waals surface area contributed by atoms with Gasteiger partial charge in [0.15, 0.2) is 0 Å². The molecule has 0 aliphatic rings. The van der Waals surface area contributed by atoms with Crippen LogP contribution < -0.4 is 0 Å². The number of nitrogens with zero attached hydrogens (tertiary/aromatic N) is 2. The van der Waals surface area contributed by atoms with Gasteiger partial charge < -0.3 is 9.67 Å². The molecule has 0 bridgehead atoms. The summed E-state index contributed by atoms with van der Waals surface area (Å²) < 4.78 is 1.97. The van der Waals surface area contributed by atoms with E-state index < -0.39 is 5.97 Å². The highest BCUT2D eigenvalue weighted by atomic mass is 35.5. The molecule has 17 heavy (non-hydrogen) atoms. The number of aryl methyl sites for hydroxylation is 1. The number of alkyl halides is 1. The van der Waals surface area contributed by atoms with E-state index in [0.717, 1.165) is 24.9 Å². The molecule has 0 fully saturated rings. The average molecular weight is 253 g/mol. The van der Waals surface area contributed by atoms with Crippen molar-refractivity contribution in [1.82, 2.24) is 9.55 Å². The Morgan fingerprint density at radius 2 is 2.24 bits per heavy atom. The summed E-state index contributed by atoms with van der Waals surface area (Å²) in [7, 11) is 0. The number of carboxylic acid groups (broad SMARTS) is 1. The van der Waals surface area contributed by atoms with Crippen LogP contribution in [0.5, 0.6) is 0 Å². The Kier molecular flexibility index (Phi) is 3.64. The molecule has 0 spiro atoms. The van der Waals surface area contributed by atoms with E-state index >= 15 is 0 Å². The predicted octanol–water partition coefficient (Wildman–Crippen LogP) is 2.75. The molecule has 0 radical (unpaired) electrons. The Labute approximate surface area is 104 Å². The first-order valence-corrected chi connectivity index (χ1v) is 6.00. The van der Waals surface area contributed by atoms with Crippen molar-refractivity contribution in [2.75, 3.05) is 5.88 Å². The molecule has 0 aliphatic carbocycles. The highest BCUT2D eigenvalue weighted by Gasteiger charge is 2.11. The first-order valence-electron chi connectivity index (χ1n) is 5.47. The lowest BCUT2D eigenvalue weighted by atomic mass is 10.2. The fourth-order valence-corrected chi connectivity index (χ4v) is 2.00. The molecule has 90 valence electrons. The molecule has 0 amide bonds. The SMILES string of the molecule is O=C(O)c1cccc2c1ncn2CCCCCl.